The van der Waals surface area contributed by atoms with E-state index in [0.29, 0.717) is 39.2 Å². The number of methoxy groups -OCH3 is 1. The maximum Gasteiger partial charge on any atom is 0.223 e. The van der Waals surface area contributed by atoms with Crippen LogP contribution >= 0.6 is 0 Å². The Morgan fingerprint density at radius 3 is 3.21 bits per heavy atom. The number of hydrogen-bond donors (Lipinski definition) is 0. The fraction of sp³-hybridized carbons (Fsp3) is 0.571. The number of carbonyl (C=O) groups excluding carboxylic acids is 1. The van der Waals surface area contributed by atoms with Crippen molar-refractivity contribution in [2.75, 3.05) is 33.5 Å². The molecule has 0 N–H and O–H groups in total. The van der Waals surface area contributed by atoms with E-state index in [1.807, 2.05) is 23.1 Å². The first-order valence-electron chi connectivity index (χ1n) is 6.57. The number of pyridine rings is 1. The summed E-state index contributed by atoms with van der Waals surface area (Å²) in [7, 11) is 1.64. The highest BCUT2D eigenvalue weighted by Gasteiger charge is 2.26. The Labute approximate surface area is 113 Å². The Morgan fingerprint density at radius 1 is 1.58 bits per heavy atom. The number of ether oxygens (including phenoxy) is 2. The van der Waals surface area contributed by atoms with Crippen LogP contribution in [-0.2, 0) is 20.7 Å². The molecule has 1 aliphatic rings. The van der Waals surface area contributed by atoms with Gasteiger partial charge in [0.2, 0.25) is 5.91 Å². The van der Waals surface area contributed by atoms with Gasteiger partial charge in [0, 0.05) is 32.0 Å². The summed E-state index contributed by atoms with van der Waals surface area (Å²) in [5.74, 6) is 0.149. The minimum absolute atomic E-state index is 0.0370. The van der Waals surface area contributed by atoms with E-state index < -0.39 is 0 Å². The zero-order valence-electron chi connectivity index (χ0n) is 11.2. The number of nitrogens with zero attached hydrogens (tertiary/aromatic N) is 2. The molecule has 1 atom stereocenters. The third kappa shape index (κ3) is 4.01. The zero-order chi connectivity index (χ0) is 13.5. The average molecular weight is 264 g/mol. The van der Waals surface area contributed by atoms with Crippen LogP contribution in [0.1, 0.15) is 12.1 Å². The minimum atomic E-state index is 0.0370. The van der Waals surface area contributed by atoms with Gasteiger partial charge in [-0.1, -0.05) is 6.07 Å². The molecule has 1 aromatic heterocycles. The second kappa shape index (κ2) is 7.21. The van der Waals surface area contributed by atoms with Gasteiger partial charge in [-0.15, -0.1) is 0 Å². The van der Waals surface area contributed by atoms with E-state index in [2.05, 4.69) is 4.98 Å². The van der Waals surface area contributed by atoms with Crippen molar-refractivity contribution in [1.82, 2.24) is 9.88 Å². The number of morpholine rings is 1. The van der Waals surface area contributed by atoms with E-state index in [1.54, 1.807) is 13.3 Å². The monoisotopic (exact) mass is 264 g/mol. The molecule has 0 aliphatic carbocycles. The van der Waals surface area contributed by atoms with Crippen molar-refractivity contribution in [3.8, 4) is 0 Å². The van der Waals surface area contributed by atoms with E-state index in [0.717, 1.165) is 5.69 Å². The second-order valence-electron chi connectivity index (χ2n) is 4.59. The maximum atomic E-state index is 12.2. The highest BCUT2D eigenvalue weighted by atomic mass is 16.5. The van der Waals surface area contributed by atoms with Gasteiger partial charge in [0.25, 0.3) is 0 Å². The predicted molar refractivity (Wildman–Crippen MR) is 70.8 cm³/mol. The Balaban J connectivity index is 1.87. The molecule has 5 heteroatoms. The lowest BCUT2D eigenvalue weighted by Gasteiger charge is -2.35. The maximum absolute atomic E-state index is 12.2. The van der Waals surface area contributed by atoms with Crippen LogP contribution in [0, 0.1) is 0 Å². The summed E-state index contributed by atoms with van der Waals surface area (Å²) in [6, 6.07) is 5.80. The summed E-state index contributed by atoms with van der Waals surface area (Å²) in [6.07, 6.45) is 2.91. The Morgan fingerprint density at radius 2 is 2.47 bits per heavy atom. The molecule has 0 bridgehead atoms. The molecule has 1 aliphatic heterocycles. The molecule has 0 spiro atoms. The predicted octanol–water partition coefficient (Wildman–Crippen LogP) is 0.888. The van der Waals surface area contributed by atoms with Crippen molar-refractivity contribution in [3.63, 3.8) is 0 Å². The molecule has 0 radical (unpaired) electrons. The van der Waals surface area contributed by atoms with Crippen molar-refractivity contribution < 1.29 is 14.3 Å². The lowest BCUT2D eigenvalue weighted by Crippen LogP contribution is -2.50. The van der Waals surface area contributed by atoms with Crippen molar-refractivity contribution in [3.05, 3.63) is 30.1 Å². The molecule has 1 aromatic rings. The zero-order valence-corrected chi connectivity index (χ0v) is 11.2. The standard InChI is InChI=1S/C14H20N2O3/c1-18-10-13-11-19-9-8-16(13)14(17)6-5-12-4-2-3-7-15-12/h2-4,7,13H,5-6,8-11H2,1H3. The van der Waals surface area contributed by atoms with E-state index in [4.69, 9.17) is 9.47 Å². The fourth-order valence-corrected chi connectivity index (χ4v) is 2.24. The fourth-order valence-electron chi connectivity index (χ4n) is 2.24. The first kappa shape index (κ1) is 14.0. The van der Waals surface area contributed by atoms with Gasteiger partial charge in [-0.05, 0) is 18.6 Å². The quantitative estimate of drug-likeness (QED) is 0.792. The third-order valence-corrected chi connectivity index (χ3v) is 3.23. The van der Waals surface area contributed by atoms with Gasteiger partial charge in [0.05, 0.1) is 25.9 Å². The summed E-state index contributed by atoms with van der Waals surface area (Å²) in [6.45, 7) is 2.34. The van der Waals surface area contributed by atoms with Crippen LogP contribution in [0.2, 0.25) is 0 Å². The molecule has 0 aromatic carbocycles. The van der Waals surface area contributed by atoms with Gasteiger partial charge in [0.1, 0.15) is 0 Å². The molecular weight excluding hydrogens is 244 g/mol. The Hall–Kier alpha value is -1.46. The first-order chi connectivity index (χ1) is 9.31. The molecule has 0 saturated carbocycles. The van der Waals surface area contributed by atoms with Crippen molar-refractivity contribution in [2.45, 2.75) is 18.9 Å². The number of aromatic nitrogens is 1. The molecule has 19 heavy (non-hydrogen) atoms. The van der Waals surface area contributed by atoms with Gasteiger partial charge in [-0.2, -0.15) is 0 Å². The molecule has 2 rings (SSSR count). The van der Waals surface area contributed by atoms with E-state index in [9.17, 15) is 4.79 Å². The normalized spacial score (nSPS) is 19.4. The van der Waals surface area contributed by atoms with Crippen LogP contribution in [0.25, 0.3) is 0 Å². The van der Waals surface area contributed by atoms with Crippen molar-refractivity contribution in [2.24, 2.45) is 0 Å². The largest absolute Gasteiger partial charge is 0.382 e. The molecule has 2 heterocycles. The third-order valence-electron chi connectivity index (χ3n) is 3.23. The SMILES string of the molecule is COCC1COCCN1C(=O)CCc1ccccn1. The first-order valence-corrected chi connectivity index (χ1v) is 6.57. The number of carbonyl (C=O) groups is 1. The van der Waals surface area contributed by atoms with Crippen LogP contribution in [-0.4, -0.2) is 55.3 Å². The van der Waals surface area contributed by atoms with Crippen LogP contribution in [0.3, 0.4) is 0 Å². The van der Waals surface area contributed by atoms with Gasteiger partial charge in [0.15, 0.2) is 0 Å². The Kier molecular flexibility index (Phi) is 5.30. The summed E-state index contributed by atoms with van der Waals surface area (Å²) < 4.78 is 10.5. The van der Waals surface area contributed by atoms with Crippen LogP contribution in [0.5, 0.6) is 0 Å². The second-order valence-corrected chi connectivity index (χ2v) is 4.59. The smallest absolute Gasteiger partial charge is 0.223 e. The molecule has 5 nitrogen and oxygen atoms in total. The molecule has 1 amide bonds. The van der Waals surface area contributed by atoms with Crippen LogP contribution in [0.15, 0.2) is 24.4 Å². The summed E-state index contributed by atoms with van der Waals surface area (Å²) in [5.41, 5.74) is 0.951. The van der Waals surface area contributed by atoms with Crippen LogP contribution in [0.4, 0.5) is 0 Å². The van der Waals surface area contributed by atoms with Gasteiger partial charge in [-0.25, -0.2) is 0 Å². The van der Waals surface area contributed by atoms with E-state index in [-0.39, 0.29) is 11.9 Å². The number of amides is 1. The summed E-state index contributed by atoms with van der Waals surface area (Å²) >= 11 is 0. The van der Waals surface area contributed by atoms with E-state index in [1.165, 1.54) is 0 Å². The number of rotatable bonds is 5. The molecule has 104 valence electrons. The topological polar surface area (TPSA) is 51.7 Å². The highest BCUT2D eigenvalue weighted by molar-refractivity contribution is 5.76. The van der Waals surface area contributed by atoms with Gasteiger partial charge >= 0.3 is 0 Å². The molecule has 1 unspecified atom stereocenters. The molecule has 1 saturated heterocycles. The van der Waals surface area contributed by atoms with Crippen molar-refractivity contribution >= 4 is 5.91 Å². The van der Waals surface area contributed by atoms with Gasteiger partial charge < -0.3 is 14.4 Å². The number of aryl methyl sites for hydroxylation is 1. The van der Waals surface area contributed by atoms with Gasteiger partial charge in [-0.3, -0.25) is 9.78 Å². The van der Waals surface area contributed by atoms with Crippen molar-refractivity contribution in [1.29, 1.82) is 0 Å². The lowest BCUT2D eigenvalue weighted by atomic mass is 10.1. The van der Waals surface area contributed by atoms with E-state index >= 15 is 0 Å². The minimum Gasteiger partial charge on any atom is -0.382 e. The Bertz CT molecular complexity index is 395. The molecular formula is C14H20N2O3. The lowest BCUT2D eigenvalue weighted by molar-refractivity contribution is -0.142. The average Bonchev–Trinajstić information content (AvgIpc) is 2.47. The molecule has 1 fully saturated rings. The summed E-state index contributed by atoms with van der Waals surface area (Å²) in [4.78, 5) is 18.3. The number of hydrogen-bond acceptors (Lipinski definition) is 4. The van der Waals surface area contributed by atoms with Crippen LogP contribution < -0.4 is 0 Å². The highest BCUT2D eigenvalue weighted by Crippen LogP contribution is 2.10. The summed E-state index contributed by atoms with van der Waals surface area (Å²) in [5, 5.41) is 0.